The van der Waals surface area contributed by atoms with Crippen molar-refractivity contribution in [1.82, 2.24) is 24.9 Å². The summed E-state index contributed by atoms with van der Waals surface area (Å²) in [5, 5.41) is 8.28. The third-order valence-electron chi connectivity index (χ3n) is 3.64. The summed E-state index contributed by atoms with van der Waals surface area (Å²) in [5.41, 5.74) is 1.17. The smallest absolute Gasteiger partial charge is 0.229 e. The summed E-state index contributed by atoms with van der Waals surface area (Å²) in [6.45, 7) is 3.41. The molecule has 4 rings (SSSR count). The van der Waals surface area contributed by atoms with Gasteiger partial charge in [0, 0.05) is 37.6 Å². The Morgan fingerprint density at radius 3 is 2.86 bits per heavy atom. The predicted octanol–water partition coefficient (Wildman–Crippen LogP) is 1.48. The highest BCUT2D eigenvalue weighted by Gasteiger charge is 2.19. The standard InChI is InChI=1S/C13H12ClFN6/c14-9-5-8-11(6-10(9)15)19-13(20-3-1-16-2-4-20)21-12(8)17-7-18-21/h5-7,16H,1-4H2. The van der Waals surface area contributed by atoms with Crippen LogP contribution in [0.2, 0.25) is 5.02 Å². The molecule has 0 unspecified atom stereocenters. The van der Waals surface area contributed by atoms with Crippen molar-refractivity contribution >= 4 is 34.1 Å². The van der Waals surface area contributed by atoms with Gasteiger partial charge in [0.1, 0.15) is 12.1 Å². The van der Waals surface area contributed by atoms with Gasteiger partial charge in [-0.05, 0) is 6.07 Å². The molecule has 1 aliphatic heterocycles. The Kier molecular flexibility index (Phi) is 2.90. The number of nitrogens with one attached hydrogen (secondary N) is 1. The molecule has 108 valence electrons. The number of nitrogens with zero attached hydrogens (tertiary/aromatic N) is 5. The fraction of sp³-hybridized carbons (Fsp3) is 0.308. The van der Waals surface area contributed by atoms with E-state index in [2.05, 4.69) is 25.3 Å². The Labute approximate surface area is 124 Å². The molecule has 0 aliphatic carbocycles. The molecular weight excluding hydrogens is 295 g/mol. The quantitative estimate of drug-likeness (QED) is 0.738. The van der Waals surface area contributed by atoms with Crippen LogP contribution >= 0.6 is 11.6 Å². The number of halogens is 2. The number of anilines is 1. The van der Waals surface area contributed by atoms with E-state index in [0.29, 0.717) is 22.5 Å². The van der Waals surface area contributed by atoms with Gasteiger partial charge in [0.05, 0.1) is 10.5 Å². The fourth-order valence-corrected chi connectivity index (χ4v) is 2.77. The SMILES string of the molecule is Fc1cc2nc(N3CCNCC3)n3ncnc3c2cc1Cl. The van der Waals surface area contributed by atoms with E-state index in [0.717, 1.165) is 26.2 Å². The van der Waals surface area contributed by atoms with E-state index >= 15 is 0 Å². The van der Waals surface area contributed by atoms with E-state index in [9.17, 15) is 4.39 Å². The number of aromatic nitrogens is 4. The average molecular weight is 307 g/mol. The molecule has 0 saturated carbocycles. The third-order valence-corrected chi connectivity index (χ3v) is 3.93. The second-order valence-corrected chi connectivity index (χ2v) is 5.33. The second kappa shape index (κ2) is 4.78. The highest BCUT2D eigenvalue weighted by atomic mass is 35.5. The Bertz CT molecular complexity index is 826. The molecule has 2 aromatic heterocycles. The maximum atomic E-state index is 13.7. The number of hydrogen-bond donors (Lipinski definition) is 1. The molecule has 21 heavy (non-hydrogen) atoms. The molecule has 1 aliphatic rings. The van der Waals surface area contributed by atoms with Crippen molar-refractivity contribution in [3.05, 3.63) is 29.3 Å². The second-order valence-electron chi connectivity index (χ2n) is 4.93. The van der Waals surface area contributed by atoms with Gasteiger partial charge in [-0.25, -0.2) is 14.4 Å². The summed E-state index contributed by atoms with van der Waals surface area (Å²) in [5.74, 6) is 0.199. The van der Waals surface area contributed by atoms with Gasteiger partial charge in [-0.3, -0.25) is 0 Å². The number of fused-ring (bicyclic) bond motifs is 3. The summed E-state index contributed by atoms with van der Waals surface area (Å²) < 4.78 is 15.4. The van der Waals surface area contributed by atoms with Crippen LogP contribution in [0.25, 0.3) is 16.6 Å². The molecule has 1 N–H and O–H groups in total. The third kappa shape index (κ3) is 2.00. The van der Waals surface area contributed by atoms with Gasteiger partial charge in [-0.15, -0.1) is 0 Å². The van der Waals surface area contributed by atoms with Crippen molar-refractivity contribution in [3.8, 4) is 0 Å². The maximum Gasteiger partial charge on any atom is 0.229 e. The zero-order chi connectivity index (χ0) is 14.4. The zero-order valence-corrected chi connectivity index (χ0v) is 11.8. The van der Waals surface area contributed by atoms with E-state index < -0.39 is 5.82 Å². The topological polar surface area (TPSA) is 58.4 Å². The first-order chi connectivity index (χ1) is 10.2. The molecular formula is C13H12ClFN6. The van der Waals surface area contributed by atoms with Crippen LogP contribution in [0.1, 0.15) is 0 Å². The minimum absolute atomic E-state index is 0.0594. The van der Waals surface area contributed by atoms with Crippen LogP contribution in [0.5, 0.6) is 0 Å². The van der Waals surface area contributed by atoms with Crippen molar-refractivity contribution in [3.63, 3.8) is 0 Å². The lowest BCUT2D eigenvalue weighted by atomic mass is 10.2. The highest BCUT2D eigenvalue weighted by Crippen LogP contribution is 2.27. The van der Waals surface area contributed by atoms with Crippen LogP contribution in [0.3, 0.4) is 0 Å². The molecule has 6 nitrogen and oxygen atoms in total. The fourth-order valence-electron chi connectivity index (χ4n) is 2.60. The molecule has 1 aromatic carbocycles. The Balaban J connectivity index is 2.00. The van der Waals surface area contributed by atoms with Crippen molar-refractivity contribution in [2.24, 2.45) is 0 Å². The normalized spacial score (nSPS) is 16.0. The zero-order valence-electron chi connectivity index (χ0n) is 11.1. The summed E-state index contributed by atoms with van der Waals surface area (Å²) >= 11 is 5.86. The summed E-state index contributed by atoms with van der Waals surface area (Å²) in [7, 11) is 0. The lowest BCUT2D eigenvalue weighted by molar-refractivity contribution is 0.575. The average Bonchev–Trinajstić information content (AvgIpc) is 2.99. The predicted molar refractivity (Wildman–Crippen MR) is 78.3 cm³/mol. The first kappa shape index (κ1) is 12.7. The van der Waals surface area contributed by atoms with Crippen molar-refractivity contribution < 1.29 is 4.39 Å². The van der Waals surface area contributed by atoms with E-state index in [1.165, 1.54) is 12.4 Å². The molecule has 0 bridgehead atoms. The first-order valence-electron chi connectivity index (χ1n) is 6.68. The van der Waals surface area contributed by atoms with E-state index in [4.69, 9.17) is 11.6 Å². The number of rotatable bonds is 1. The first-order valence-corrected chi connectivity index (χ1v) is 7.06. The largest absolute Gasteiger partial charge is 0.338 e. The lowest BCUT2D eigenvalue weighted by Crippen LogP contribution is -2.44. The molecule has 1 fully saturated rings. The Hall–Kier alpha value is -1.99. The van der Waals surface area contributed by atoms with Gasteiger partial charge in [-0.2, -0.15) is 9.61 Å². The van der Waals surface area contributed by atoms with E-state index in [-0.39, 0.29) is 5.02 Å². The molecule has 3 aromatic rings. The van der Waals surface area contributed by atoms with Crippen LogP contribution in [-0.2, 0) is 0 Å². The number of hydrogen-bond acceptors (Lipinski definition) is 5. The molecule has 3 heterocycles. The van der Waals surface area contributed by atoms with Gasteiger partial charge in [0.25, 0.3) is 0 Å². The molecule has 8 heteroatoms. The van der Waals surface area contributed by atoms with Gasteiger partial charge in [0.2, 0.25) is 5.95 Å². The lowest BCUT2D eigenvalue weighted by Gasteiger charge is -2.28. The van der Waals surface area contributed by atoms with Crippen LogP contribution < -0.4 is 10.2 Å². The van der Waals surface area contributed by atoms with Gasteiger partial charge >= 0.3 is 0 Å². The van der Waals surface area contributed by atoms with Gasteiger partial charge in [0.15, 0.2) is 5.65 Å². The summed E-state index contributed by atoms with van der Waals surface area (Å²) in [6, 6.07) is 2.89. The summed E-state index contributed by atoms with van der Waals surface area (Å²) in [6.07, 6.45) is 1.47. The van der Waals surface area contributed by atoms with E-state index in [1.54, 1.807) is 10.6 Å². The molecule has 0 amide bonds. The van der Waals surface area contributed by atoms with Crippen LogP contribution in [0.15, 0.2) is 18.5 Å². The molecule has 0 atom stereocenters. The molecule has 1 saturated heterocycles. The minimum atomic E-state index is -0.480. The molecule has 0 spiro atoms. The monoisotopic (exact) mass is 306 g/mol. The van der Waals surface area contributed by atoms with Crippen LogP contribution in [0.4, 0.5) is 10.3 Å². The van der Waals surface area contributed by atoms with Crippen LogP contribution in [-0.4, -0.2) is 45.8 Å². The minimum Gasteiger partial charge on any atom is -0.338 e. The van der Waals surface area contributed by atoms with Crippen molar-refractivity contribution in [2.45, 2.75) is 0 Å². The van der Waals surface area contributed by atoms with Gasteiger partial charge < -0.3 is 10.2 Å². The van der Waals surface area contributed by atoms with Crippen LogP contribution in [0, 0.1) is 5.82 Å². The maximum absolute atomic E-state index is 13.7. The highest BCUT2D eigenvalue weighted by molar-refractivity contribution is 6.31. The number of benzene rings is 1. The van der Waals surface area contributed by atoms with E-state index in [1.807, 2.05) is 0 Å². The molecule has 0 radical (unpaired) electrons. The number of piperazine rings is 1. The summed E-state index contributed by atoms with van der Waals surface area (Å²) in [4.78, 5) is 10.9. The Morgan fingerprint density at radius 2 is 2.05 bits per heavy atom. The van der Waals surface area contributed by atoms with Gasteiger partial charge in [-0.1, -0.05) is 11.6 Å². The van der Waals surface area contributed by atoms with Crippen molar-refractivity contribution in [2.75, 3.05) is 31.1 Å². The van der Waals surface area contributed by atoms with Crippen molar-refractivity contribution in [1.29, 1.82) is 0 Å². The Morgan fingerprint density at radius 1 is 1.24 bits per heavy atom.